The summed E-state index contributed by atoms with van der Waals surface area (Å²) in [6, 6.07) is 0. The van der Waals surface area contributed by atoms with Crippen LogP contribution in [0.3, 0.4) is 0 Å². The molecular formula is C10H18N2O. The Labute approximate surface area is 79.4 Å². The monoisotopic (exact) mass is 182 g/mol. The van der Waals surface area contributed by atoms with E-state index in [-0.39, 0.29) is 0 Å². The van der Waals surface area contributed by atoms with Crippen LogP contribution in [0.15, 0.2) is 4.99 Å². The lowest BCUT2D eigenvalue weighted by Crippen LogP contribution is -2.15. The number of aliphatic imine (C=N–C) groups is 1. The summed E-state index contributed by atoms with van der Waals surface area (Å²) in [6.45, 7) is 2.77. The number of nitrogens with two attached hydrogens (primary N) is 1. The molecule has 3 heteroatoms. The molecule has 0 aromatic carbocycles. The van der Waals surface area contributed by atoms with Crippen molar-refractivity contribution in [3.8, 4) is 0 Å². The maximum absolute atomic E-state index is 5.78. The third kappa shape index (κ3) is 2.69. The summed E-state index contributed by atoms with van der Waals surface area (Å²) >= 11 is 0. The van der Waals surface area contributed by atoms with Crippen LogP contribution in [-0.2, 0) is 4.74 Å². The predicted octanol–water partition coefficient (Wildman–Crippen LogP) is 1.18. The molecule has 0 amide bonds. The van der Waals surface area contributed by atoms with E-state index >= 15 is 0 Å². The summed E-state index contributed by atoms with van der Waals surface area (Å²) in [5, 5.41) is 0. The minimum Gasteiger partial charge on any atom is -0.387 e. The third-order valence-corrected chi connectivity index (χ3v) is 2.85. The highest BCUT2D eigenvalue weighted by molar-refractivity contribution is 5.84. The molecule has 0 radical (unpaired) electrons. The van der Waals surface area contributed by atoms with Crippen LogP contribution in [0.4, 0.5) is 0 Å². The van der Waals surface area contributed by atoms with Crippen LogP contribution >= 0.6 is 0 Å². The first-order chi connectivity index (χ1) is 6.36. The van der Waals surface area contributed by atoms with E-state index in [1.54, 1.807) is 0 Å². The average molecular weight is 182 g/mol. The lowest BCUT2D eigenvalue weighted by atomic mass is 10.1. The third-order valence-electron chi connectivity index (χ3n) is 2.85. The second kappa shape index (κ2) is 4.09. The fraction of sp³-hybridized carbons (Fsp3) is 0.900. The molecule has 0 bridgehead atoms. The number of hydrogen-bond donors (Lipinski definition) is 1. The van der Waals surface area contributed by atoms with E-state index in [0.717, 1.165) is 37.9 Å². The Kier molecular flexibility index (Phi) is 2.83. The SMILES string of the molecule is NC(=NCCC1CCOC1)C1CC1. The first kappa shape index (κ1) is 9.00. The molecule has 0 aromatic rings. The summed E-state index contributed by atoms with van der Waals surface area (Å²) in [6.07, 6.45) is 4.86. The van der Waals surface area contributed by atoms with Gasteiger partial charge < -0.3 is 10.5 Å². The Morgan fingerprint density at radius 3 is 2.85 bits per heavy atom. The van der Waals surface area contributed by atoms with Gasteiger partial charge in [-0.15, -0.1) is 0 Å². The van der Waals surface area contributed by atoms with E-state index in [2.05, 4.69) is 4.99 Å². The first-order valence-corrected chi connectivity index (χ1v) is 5.24. The molecule has 2 N–H and O–H groups in total. The highest BCUT2D eigenvalue weighted by atomic mass is 16.5. The minimum absolute atomic E-state index is 0.625. The smallest absolute Gasteiger partial charge is 0.0968 e. The quantitative estimate of drug-likeness (QED) is 0.524. The number of ether oxygens (including phenoxy) is 1. The molecule has 1 atom stereocenters. The molecule has 0 aromatic heterocycles. The van der Waals surface area contributed by atoms with Gasteiger partial charge in [0, 0.05) is 25.7 Å². The Morgan fingerprint density at radius 2 is 2.23 bits per heavy atom. The van der Waals surface area contributed by atoms with Crippen molar-refractivity contribution in [2.45, 2.75) is 25.7 Å². The molecule has 1 heterocycles. The fourth-order valence-electron chi connectivity index (χ4n) is 1.70. The van der Waals surface area contributed by atoms with Crippen LogP contribution in [-0.4, -0.2) is 25.6 Å². The zero-order chi connectivity index (χ0) is 9.10. The second-order valence-corrected chi connectivity index (χ2v) is 4.10. The molecule has 74 valence electrons. The summed E-state index contributed by atoms with van der Waals surface area (Å²) in [4.78, 5) is 4.39. The van der Waals surface area contributed by atoms with E-state index < -0.39 is 0 Å². The van der Waals surface area contributed by atoms with Gasteiger partial charge in [0.1, 0.15) is 0 Å². The van der Waals surface area contributed by atoms with Crippen LogP contribution in [0.2, 0.25) is 0 Å². The number of amidine groups is 1. The van der Waals surface area contributed by atoms with E-state index in [9.17, 15) is 0 Å². The van der Waals surface area contributed by atoms with E-state index in [4.69, 9.17) is 10.5 Å². The summed E-state index contributed by atoms with van der Waals surface area (Å²) in [7, 11) is 0. The number of hydrogen-bond acceptors (Lipinski definition) is 2. The molecule has 1 saturated carbocycles. The summed E-state index contributed by atoms with van der Waals surface area (Å²) in [5.41, 5.74) is 5.78. The molecule has 1 saturated heterocycles. The molecule has 13 heavy (non-hydrogen) atoms. The van der Waals surface area contributed by atoms with Gasteiger partial charge >= 0.3 is 0 Å². The minimum atomic E-state index is 0.625. The van der Waals surface area contributed by atoms with Gasteiger partial charge in [-0.25, -0.2) is 0 Å². The molecule has 2 rings (SSSR count). The van der Waals surface area contributed by atoms with Crippen molar-refractivity contribution in [3.63, 3.8) is 0 Å². The molecule has 1 aliphatic heterocycles. The van der Waals surface area contributed by atoms with Gasteiger partial charge in [-0.05, 0) is 31.6 Å². The molecular weight excluding hydrogens is 164 g/mol. The lowest BCUT2D eigenvalue weighted by molar-refractivity contribution is 0.184. The molecule has 1 unspecified atom stereocenters. The van der Waals surface area contributed by atoms with Crippen LogP contribution < -0.4 is 5.73 Å². The van der Waals surface area contributed by atoms with Crippen molar-refractivity contribution in [3.05, 3.63) is 0 Å². The zero-order valence-corrected chi connectivity index (χ0v) is 8.04. The summed E-state index contributed by atoms with van der Waals surface area (Å²) in [5.74, 6) is 2.24. The molecule has 2 aliphatic rings. The Morgan fingerprint density at radius 1 is 1.38 bits per heavy atom. The standard InChI is InChI=1S/C10H18N2O/c11-10(9-1-2-9)12-5-3-8-4-6-13-7-8/h8-9H,1-7H2,(H2,11,12). The number of nitrogens with zero attached hydrogens (tertiary/aromatic N) is 1. The molecule has 2 fully saturated rings. The van der Waals surface area contributed by atoms with Crippen LogP contribution in [0.25, 0.3) is 0 Å². The van der Waals surface area contributed by atoms with Crippen molar-refractivity contribution in [2.24, 2.45) is 22.6 Å². The topological polar surface area (TPSA) is 47.6 Å². The zero-order valence-electron chi connectivity index (χ0n) is 8.04. The van der Waals surface area contributed by atoms with Crippen molar-refractivity contribution < 1.29 is 4.74 Å². The first-order valence-electron chi connectivity index (χ1n) is 5.24. The lowest BCUT2D eigenvalue weighted by Gasteiger charge is -2.04. The van der Waals surface area contributed by atoms with Crippen LogP contribution in [0.5, 0.6) is 0 Å². The number of rotatable bonds is 4. The van der Waals surface area contributed by atoms with Crippen molar-refractivity contribution in [2.75, 3.05) is 19.8 Å². The van der Waals surface area contributed by atoms with Crippen molar-refractivity contribution in [1.29, 1.82) is 0 Å². The van der Waals surface area contributed by atoms with Gasteiger partial charge in [0.05, 0.1) is 5.84 Å². The maximum atomic E-state index is 5.78. The average Bonchev–Trinajstić information content (AvgIpc) is 2.86. The Hall–Kier alpha value is -0.570. The van der Waals surface area contributed by atoms with Gasteiger partial charge in [-0.3, -0.25) is 4.99 Å². The second-order valence-electron chi connectivity index (χ2n) is 4.10. The Bertz CT molecular complexity index is 193. The largest absolute Gasteiger partial charge is 0.387 e. The van der Waals surface area contributed by atoms with Gasteiger partial charge in [0.2, 0.25) is 0 Å². The van der Waals surface area contributed by atoms with Crippen molar-refractivity contribution >= 4 is 5.84 Å². The van der Waals surface area contributed by atoms with Crippen LogP contribution in [0.1, 0.15) is 25.7 Å². The van der Waals surface area contributed by atoms with E-state index in [0.29, 0.717) is 5.92 Å². The highest BCUT2D eigenvalue weighted by Gasteiger charge is 2.25. The normalized spacial score (nSPS) is 29.5. The van der Waals surface area contributed by atoms with Gasteiger partial charge in [0.15, 0.2) is 0 Å². The Balaban J connectivity index is 1.63. The van der Waals surface area contributed by atoms with Gasteiger partial charge in [0.25, 0.3) is 0 Å². The van der Waals surface area contributed by atoms with Gasteiger partial charge in [-0.1, -0.05) is 0 Å². The van der Waals surface area contributed by atoms with E-state index in [1.807, 2.05) is 0 Å². The summed E-state index contributed by atoms with van der Waals surface area (Å²) < 4.78 is 5.29. The van der Waals surface area contributed by atoms with E-state index in [1.165, 1.54) is 19.3 Å². The molecule has 3 nitrogen and oxygen atoms in total. The van der Waals surface area contributed by atoms with Gasteiger partial charge in [-0.2, -0.15) is 0 Å². The molecule has 1 aliphatic carbocycles. The fourth-order valence-corrected chi connectivity index (χ4v) is 1.70. The van der Waals surface area contributed by atoms with Crippen molar-refractivity contribution in [1.82, 2.24) is 0 Å². The highest BCUT2D eigenvalue weighted by Crippen LogP contribution is 2.28. The predicted molar refractivity (Wildman–Crippen MR) is 52.8 cm³/mol. The molecule has 0 spiro atoms. The van der Waals surface area contributed by atoms with Crippen LogP contribution in [0, 0.1) is 11.8 Å². The maximum Gasteiger partial charge on any atom is 0.0968 e.